The number of carbonyl (C=O) groups excluding carboxylic acids is 1. The van der Waals surface area contributed by atoms with Gasteiger partial charge in [-0.05, 0) is 43.4 Å². The lowest BCUT2D eigenvalue weighted by molar-refractivity contribution is -0.122. The van der Waals surface area contributed by atoms with Crippen molar-refractivity contribution in [2.45, 2.75) is 64.5 Å². The molecular formula is C17H25NO2. The normalized spacial score (nSPS) is 23.1. The average Bonchev–Trinajstić information content (AvgIpc) is 2.59. The standard InChI is InChI=1S/C17H25NO2/c1-12-8-9-14(10-13(12)2)11-17(20)18-15-6-4-3-5-7-16(15)19/h8-10,15-16,19H,3-7,11H2,1-2H3,(H,18,20). The van der Waals surface area contributed by atoms with Gasteiger partial charge in [-0.25, -0.2) is 0 Å². The number of benzene rings is 1. The average molecular weight is 275 g/mol. The van der Waals surface area contributed by atoms with Gasteiger partial charge in [0, 0.05) is 0 Å². The van der Waals surface area contributed by atoms with Crippen molar-refractivity contribution in [1.29, 1.82) is 0 Å². The highest BCUT2D eigenvalue weighted by Crippen LogP contribution is 2.18. The summed E-state index contributed by atoms with van der Waals surface area (Å²) in [6.07, 6.45) is 5.00. The number of aliphatic hydroxyl groups is 1. The minimum atomic E-state index is -0.388. The van der Waals surface area contributed by atoms with Gasteiger partial charge >= 0.3 is 0 Å². The predicted octanol–water partition coefficient (Wildman–Crippen LogP) is 2.66. The molecule has 1 aromatic rings. The van der Waals surface area contributed by atoms with Crippen LogP contribution in [0.3, 0.4) is 0 Å². The van der Waals surface area contributed by atoms with Crippen LogP contribution < -0.4 is 5.32 Å². The predicted molar refractivity (Wildman–Crippen MR) is 80.6 cm³/mol. The summed E-state index contributed by atoms with van der Waals surface area (Å²) >= 11 is 0. The highest BCUT2D eigenvalue weighted by atomic mass is 16.3. The van der Waals surface area contributed by atoms with E-state index in [4.69, 9.17) is 0 Å². The highest BCUT2D eigenvalue weighted by molar-refractivity contribution is 5.79. The third-order valence-electron chi connectivity index (χ3n) is 4.26. The van der Waals surface area contributed by atoms with Gasteiger partial charge in [0.25, 0.3) is 0 Å². The zero-order valence-corrected chi connectivity index (χ0v) is 12.5. The summed E-state index contributed by atoms with van der Waals surface area (Å²) in [5.74, 6) is 0.0132. The molecule has 0 heterocycles. The molecule has 1 aliphatic rings. The molecule has 0 bridgehead atoms. The third kappa shape index (κ3) is 4.07. The first-order chi connectivity index (χ1) is 9.56. The second-order valence-corrected chi connectivity index (χ2v) is 5.97. The van der Waals surface area contributed by atoms with Crippen LogP contribution in [0.25, 0.3) is 0 Å². The van der Waals surface area contributed by atoms with Gasteiger partial charge in [0.1, 0.15) is 0 Å². The molecule has 1 fully saturated rings. The molecule has 2 unspecified atom stereocenters. The smallest absolute Gasteiger partial charge is 0.224 e. The molecule has 3 heteroatoms. The summed E-state index contributed by atoms with van der Waals surface area (Å²) in [5, 5.41) is 13.0. The van der Waals surface area contributed by atoms with Crippen molar-refractivity contribution >= 4 is 5.91 Å². The quantitative estimate of drug-likeness (QED) is 0.833. The molecule has 0 aliphatic heterocycles. The van der Waals surface area contributed by atoms with E-state index in [0.29, 0.717) is 6.42 Å². The van der Waals surface area contributed by atoms with Gasteiger partial charge in [0.2, 0.25) is 5.91 Å². The van der Waals surface area contributed by atoms with Gasteiger partial charge in [-0.1, -0.05) is 37.5 Å². The van der Waals surface area contributed by atoms with E-state index < -0.39 is 0 Å². The number of hydrogen-bond acceptors (Lipinski definition) is 2. The van der Waals surface area contributed by atoms with Crippen LogP contribution >= 0.6 is 0 Å². The van der Waals surface area contributed by atoms with Crippen LogP contribution in [-0.2, 0) is 11.2 Å². The summed E-state index contributed by atoms with van der Waals surface area (Å²) in [6, 6.07) is 6.05. The molecule has 1 aromatic carbocycles. The maximum atomic E-state index is 12.1. The Labute approximate surface area is 121 Å². The summed E-state index contributed by atoms with van der Waals surface area (Å²) in [4.78, 5) is 12.1. The van der Waals surface area contributed by atoms with E-state index in [0.717, 1.165) is 37.7 Å². The Balaban J connectivity index is 1.92. The lowest BCUT2D eigenvalue weighted by atomic mass is 10.0. The number of nitrogens with one attached hydrogen (secondary N) is 1. The molecule has 20 heavy (non-hydrogen) atoms. The maximum absolute atomic E-state index is 12.1. The molecule has 2 N–H and O–H groups in total. The van der Waals surface area contributed by atoms with E-state index in [1.165, 1.54) is 11.1 Å². The Morgan fingerprint density at radius 2 is 1.95 bits per heavy atom. The second kappa shape index (κ2) is 6.89. The lowest BCUT2D eigenvalue weighted by Crippen LogP contribution is -2.43. The Morgan fingerprint density at radius 1 is 1.20 bits per heavy atom. The van der Waals surface area contributed by atoms with Crippen molar-refractivity contribution in [2.75, 3.05) is 0 Å². The van der Waals surface area contributed by atoms with Gasteiger partial charge in [-0.3, -0.25) is 4.79 Å². The third-order valence-corrected chi connectivity index (χ3v) is 4.26. The van der Waals surface area contributed by atoms with Crippen LogP contribution in [0.5, 0.6) is 0 Å². The van der Waals surface area contributed by atoms with Gasteiger partial charge in [0.15, 0.2) is 0 Å². The minimum absolute atomic E-state index is 0.0132. The Hall–Kier alpha value is -1.35. The van der Waals surface area contributed by atoms with Gasteiger partial charge < -0.3 is 10.4 Å². The molecule has 1 saturated carbocycles. The topological polar surface area (TPSA) is 49.3 Å². The maximum Gasteiger partial charge on any atom is 0.224 e. The van der Waals surface area contributed by atoms with Crippen LogP contribution in [0.1, 0.15) is 48.8 Å². The number of amides is 1. The molecule has 2 rings (SSSR count). The fourth-order valence-corrected chi connectivity index (χ4v) is 2.81. The van der Waals surface area contributed by atoms with E-state index in [9.17, 15) is 9.90 Å². The summed E-state index contributed by atoms with van der Waals surface area (Å²) < 4.78 is 0. The van der Waals surface area contributed by atoms with Crippen molar-refractivity contribution < 1.29 is 9.90 Å². The van der Waals surface area contributed by atoms with Crippen LogP contribution in [0.2, 0.25) is 0 Å². The summed E-state index contributed by atoms with van der Waals surface area (Å²) in [6.45, 7) is 4.13. The van der Waals surface area contributed by atoms with Crippen LogP contribution in [0, 0.1) is 13.8 Å². The second-order valence-electron chi connectivity index (χ2n) is 5.97. The van der Waals surface area contributed by atoms with Crippen molar-refractivity contribution in [3.63, 3.8) is 0 Å². The largest absolute Gasteiger partial charge is 0.391 e. The number of hydrogen-bond donors (Lipinski definition) is 2. The van der Waals surface area contributed by atoms with Crippen LogP contribution in [0.15, 0.2) is 18.2 Å². The van der Waals surface area contributed by atoms with Crippen molar-refractivity contribution in [3.8, 4) is 0 Å². The lowest BCUT2D eigenvalue weighted by Gasteiger charge is -2.21. The number of carbonyl (C=O) groups is 1. The van der Waals surface area contributed by atoms with E-state index in [-0.39, 0.29) is 18.1 Å². The molecule has 110 valence electrons. The van der Waals surface area contributed by atoms with Crippen molar-refractivity contribution in [3.05, 3.63) is 34.9 Å². The molecule has 0 saturated heterocycles. The van der Waals surface area contributed by atoms with Gasteiger partial charge in [-0.2, -0.15) is 0 Å². The molecule has 0 aromatic heterocycles. The molecule has 1 aliphatic carbocycles. The molecule has 2 atom stereocenters. The van der Waals surface area contributed by atoms with E-state index >= 15 is 0 Å². The molecular weight excluding hydrogens is 250 g/mol. The fourth-order valence-electron chi connectivity index (χ4n) is 2.81. The number of rotatable bonds is 3. The molecule has 3 nitrogen and oxygen atoms in total. The molecule has 0 radical (unpaired) electrons. The first kappa shape index (κ1) is 15.0. The minimum Gasteiger partial charge on any atom is -0.391 e. The van der Waals surface area contributed by atoms with Crippen molar-refractivity contribution in [1.82, 2.24) is 5.32 Å². The van der Waals surface area contributed by atoms with Crippen molar-refractivity contribution in [2.24, 2.45) is 0 Å². The molecule has 0 spiro atoms. The number of aryl methyl sites for hydroxylation is 2. The van der Waals surface area contributed by atoms with Gasteiger partial charge in [0.05, 0.1) is 18.6 Å². The summed E-state index contributed by atoms with van der Waals surface area (Å²) in [5.41, 5.74) is 3.49. The first-order valence-corrected chi connectivity index (χ1v) is 7.60. The zero-order valence-electron chi connectivity index (χ0n) is 12.5. The van der Waals surface area contributed by atoms with E-state index in [1.54, 1.807) is 0 Å². The number of aliphatic hydroxyl groups excluding tert-OH is 1. The summed E-state index contributed by atoms with van der Waals surface area (Å²) in [7, 11) is 0. The van der Waals surface area contributed by atoms with Gasteiger partial charge in [-0.15, -0.1) is 0 Å². The Morgan fingerprint density at radius 3 is 2.70 bits per heavy atom. The van der Waals surface area contributed by atoms with Crippen LogP contribution in [0.4, 0.5) is 0 Å². The Kier molecular flexibility index (Phi) is 5.18. The highest BCUT2D eigenvalue weighted by Gasteiger charge is 2.23. The van der Waals surface area contributed by atoms with E-state index in [2.05, 4.69) is 31.3 Å². The Bertz CT molecular complexity index is 470. The SMILES string of the molecule is Cc1ccc(CC(=O)NC2CCCCCC2O)cc1C. The van der Waals surface area contributed by atoms with Crippen LogP contribution in [-0.4, -0.2) is 23.2 Å². The van der Waals surface area contributed by atoms with E-state index in [1.807, 2.05) is 6.07 Å². The monoisotopic (exact) mass is 275 g/mol. The first-order valence-electron chi connectivity index (χ1n) is 7.60. The zero-order chi connectivity index (χ0) is 14.5. The fraction of sp³-hybridized carbons (Fsp3) is 0.588. The molecule has 1 amide bonds.